The molecule has 2 rings (SSSR count). The maximum absolute atomic E-state index is 9.63. The lowest BCUT2D eigenvalue weighted by atomic mass is 9.98. The van der Waals surface area contributed by atoms with E-state index in [-0.39, 0.29) is 12.4 Å². The fourth-order valence-electron chi connectivity index (χ4n) is 1.96. The maximum Gasteiger partial charge on any atom is 0.171 e. The summed E-state index contributed by atoms with van der Waals surface area (Å²) in [6.07, 6.45) is 3.62. The standard InChI is InChI=1S/C11H16N2O2/c14-8-9-3-6-13(7-4-9)11-10(15)2-1-5-12-11/h1-2,5,9,14-15H,3-4,6-8H2. The second kappa shape index (κ2) is 4.49. The Morgan fingerprint density at radius 2 is 2.13 bits per heavy atom. The summed E-state index contributed by atoms with van der Waals surface area (Å²) < 4.78 is 0. The first-order chi connectivity index (χ1) is 7.31. The van der Waals surface area contributed by atoms with Gasteiger partial charge in [-0.15, -0.1) is 0 Å². The number of aromatic hydroxyl groups is 1. The quantitative estimate of drug-likeness (QED) is 0.761. The average molecular weight is 208 g/mol. The van der Waals surface area contributed by atoms with Gasteiger partial charge in [0.2, 0.25) is 0 Å². The van der Waals surface area contributed by atoms with E-state index in [0.29, 0.717) is 11.7 Å². The summed E-state index contributed by atoms with van der Waals surface area (Å²) in [5.41, 5.74) is 0. The minimum atomic E-state index is 0.236. The van der Waals surface area contributed by atoms with Crippen LogP contribution >= 0.6 is 0 Å². The molecule has 1 aromatic heterocycles. The van der Waals surface area contributed by atoms with Crippen molar-refractivity contribution < 1.29 is 10.2 Å². The predicted octanol–water partition coefficient (Wildman–Crippen LogP) is 0.996. The number of aromatic nitrogens is 1. The molecule has 1 aromatic rings. The Bertz CT molecular complexity index is 322. The largest absolute Gasteiger partial charge is 0.504 e. The van der Waals surface area contributed by atoms with E-state index in [1.165, 1.54) is 0 Å². The van der Waals surface area contributed by atoms with Crippen LogP contribution in [0.25, 0.3) is 0 Å². The van der Waals surface area contributed by atoms with E-state index in [0.717, 1.165) is 25.9 Å². The Kier molecular flexibility index (Phi) is 3.06. The van der Waals surface area contributed by atoms with E-state index in [1.807, 2.05) is 0 Å². The van der Waals surface area contributed by atoms with Gasteiger partial charge in [0.25, 0.3) is 0 Å². The van der Waals surface area contributed by atoms with Crippen molar-refractivity contribution in [3.05, 3.63) is 18.3 Å². The van der Waals surface area contributed by atoms with E-state index in [4.69, 9.17) is 5.11 Å². The van der Waals surface area contributed by atoms with Crippen LogP contribution in [0.3, 0.4) is 0 Å². The lowest BCUT2D eigenvalue weighted by Crippen LogP contribution is -2.35. The highest BCUT2D eigenvalue weighted by atomic mass is 16.3. The fourth-order valence-corrected chi connectivity index (χ4v) is 1.96. The molecule has 0 unspecified atom stereocenters. The van der Waals surface area contributed by atoms with Crippen LogP contribution in [0.4, 0.5) is 5.82 Å². The van der Waals surface area contributed by atoms with E-state index < -0.39 is 0 Å². The van der Waals surface area contributed by atoms with Crippen LogP contribution in [0.15, 0.2) is 18.3 Å². The van der Waals surface area contributed by atoms with Crippen molar-refractivity contribution >= 4 is 5.82 Å². The summed E-state index contributed by atoms with van der Waals surface area (Å²) in [4.78, 5) is 6.24. The van der Waals surface area contributed by atoms with Crippen LogP contribution < -0.4 is 4.90 Å². The van der Waals surface area contributed by atoms with Gasteiger partial charge in [-0.1, -0.05) is 0 Å². The Morgan fingerprint density at radius 3 is 2.73 bits per heavy atom. The van der Waals surface area contributed by atoms with E-state index in [2.05, 4.69) is 9.88 Å². The first-order valence-corrected chi connectivity index (χ1v) is 5.31. The fraction of sp³-hybridized carbons (Fsp3) is 0.545. The molecule has 82 valence electrons. The molecule has 0 atom stereocenters. The number of pyridine rings is 1. The molecular weight excluding hydrogens is 192 g/mol. The molecular formula is C11H16N2O2. The summed E-state index contributed by atoms with van der Waals surface area (Å²) in [5.74, 6) is 1.31. The number of hydrogen-bond acceptors (Lipinski definition) is 4. The molecule has 0 aromatic carbocycles. The zero-order valence-corrected chi connectivity index (χ0v) is 8.63. The van der Waals surface area contributed by atoms with Gasteiger partial charge in [0, 0.05) is 25.9 Å². The molecule has 1 fully saturated rings. The molecule has 2 heterocycles. The van der Waals surface area contributed by atoms with Gasteiger partial charge in [-0.25, -0.2) is 4.98 Å². The number of nitrogens with zero attached hydrogens (tertiary/aromatic N) is 2. The number of hydrogen-bond donors (Lipinski definition) is 2. The van der Waals surface area contributed by atoms with E-state index in [1.54, 1.807) is 18.3 Å². The third kappa shape index (κ3) is 2.21. The number of anilines is 1. The molecule has 1 aliphatic rings. The molecule has 1 saturated heterocycles. The van der Waals surface area contributed by atoms with Crippen molar-refractivity contribution in [2.75, 3.05) is 24.6 Å². The van der Waals surface area contributed by atoms with Crippen LogP contribution in [0.5, 0.6) is 5.75 Å². The van der Waals surface area contributed by atoms with Crippen LogP contribution in [-0.4, -0.2) is 34.9 Å². The van der Waals surface area contributed by atoms with Crippen molar-refractivity contribution in [1.29, 1.82) is 0 Å². The maximum atomic E-state index is 9.63. The number of rotatable bonds is 2. The van der Waals surface area contributed by atoms with Gasteiger partial charge < -0.3 is 15.1 Å². The lowest BCUT2D eigenvalue weighted by Gasteiger charge is -2.32. The Labute approximate surface area is 89.2 Å². The molecule has 0 spiro atoms. The van der Waals surface area contributed by atoms with E-state index in [9.17, 15) is 5.11 Å². The zero-order valence-electron chi connectivity index (χ0n) is 8.63. The van der Waals surface area contributed by atoms with Gasteiger partial charge in [0.1, 0.15) is 0 Å². The number of aliphatic hydroxyl groups is 1. The van der Waals surface area contributed by atoms with Crippen LogP contribution in [0.2, 0.25) is 0 Å². The van der Waals surface area contributed by atoms with Crippen molar-refractivity contribution in [3.8, 4) is 5.75 Å². The van der Waals surface area contributed by atoms with Gasteiger partial charge >= 0.3 is 0 Å². The second-order valence-electron chi connectivity index (χ2n) is 3.96. The van der Waals surface area contributed by atoms with E-state index >= 15 is 0 Å². The molecule has 0 amide bonds. The second-order valence-corrected chi connectivity index (χ2v) is 3.96. The summed E-state index contributed by atoms with van der Waals surface area (Å²) in [7, 11) is 0. The van der Waals surface area contributed by atoms with Crippen molar-refractivity contribution in [2.24, 2.45) is 5.92 Å². The first kappa shape index (κ1) is 10.2. The third-order valence-electron chi connectivity index (χ3n) is 2.94. The summed E-state index contributed by atoms with van der Waals surface area (Å²) in [5, 5.41) is 18.7. The SMILES string of the molecule is OCC1CCN(c2ncccc2O)CC1. The zero-order chi connectivity index (χ0) is 10.7. The van der Waals surface area contributed by atoms with Gasteiger partial charge in [0.05, 0.1) is 0 Å². The molecule has 15 heavy (non-hydrogen) atoms. The number of aliphatic hydroxyl groups excluding tert-OH is 1. The normalized spacial score (nSPS) is 18.1. The summed E-state index contributed by atoms with van der Waals surface area (Å²) >= 11 is 0. The van der Waals surface area contributed by atoms with Gasteiger partial charge in [-0.2, -0.15) is 0 Å². The van der Waals surface area contributed by atoms with Crippen LogP contribution in [0.1, 0.15) is 12.8 Å². The van der Waals surface area contributed by atoms with Crippen molar-refractivity contribution in [3.63, 3.8) is 0 Å². The Morgan fingerprint density at radius 1 is 1.40 bits per heavy atom. The van der Waals surface area contributed by atoms with Crippen LogP contribution in [0, 0.1) is 5.92 Å². The third-order valence-corrected chi connectivity index (χ3v) is 2.94. The van der Waals surface area contributed by atoms with Crippen molar-refractivity contribution in [2.45, 2.75) is 12.8 Å². The van der Waals surface area contributed by atoms with Gasteiger partial charge in [0.15, 0.2) is 11.6 Å². The van der Waals surface area contributed by atoms with Crippen molar-refractivity contribution in [1.82, 2.24) is 4.98 Å². The van der Waals surface area contributed by atoms with Crippen LogP contribution in [-0.2, 0) is 0 Å². The highest BCUT2D eigenvalue weighted by Gasteiger charge is 2.20. The molecule has 4 heteroatoms. The van der Waals surface area contributed by atoms with Gasteiger partial charge in [-0.05, 0) is 30.9 Å². The smallest absolute Gasteiger partial charge is 0.171 e. The summed E-state index contributed by atoms with van der Waals surface area (Å²) in [6.45, 7) is 1.98. The molecule has 0 saturated carbocycles. The highest BCUT2D eigenvalue weighted by molar-refractivity contribution is 5.51. The molecule has 0 radical (unpaired) electrons. The lowest BCUT2D eigenvalue weighted by molar-refractivity contribution is 0.202. The molecule has 1 aliphatic heterocycles. The minimum Gasteiger partial charge on any atom is -0.504 e. The molecule has 0 aliphatic carbocycles. The minimum absolute atomic E-state index is 0.236. The summed E-state index contributed by atoms with van der Waals surface area (Å²) in [6, 6.07) is 3.37. The predicted molar refractivity (Wildman–Crippen MR) is 57.9 cm³/mol. The number of piperidine rings is 1. The Hall–Kier alpha value is -1.29. The molecule has 2 N–H and O–H groups in total. The highest BCUT2D eigenvalue weighted by Crippen LogP contribution is 2.27. The van der Waals surface area contributed by atoms with Gasteiger partial charge in [-0.3, -0.25) is 0 Å². The molecule has 4 nitrogen and oxygen atoms in total. The topological polar surface area (TPSA) is 56.6 Å². The Balaban J connectivity index is 2.04. The first-order valence-electron chi connectivity index (χ1n) is 5.31. The monoisotopic (exact) mass is 208 g/mol. The average Bonchev–Trinajstić information content (AvgIpc) is 2.30. The molecule has 0 bridgehead atoms.